The molecule has 0 aromatic heterocycles. The molecule has 2 N–H and O–H groups in total. The van der Waals surface area contributed by atoms with E-state index in [2.05, 4.69) is 22.4 Å². The second-order valence-electron chi connectivity index (χ2n) is 8.18. The standard InChI is InChI=1S/C27H25N5O7S/c1-2-12-39-24-10-8-19(9-11-24)16-28-30-27(34)25(18-40-17-20-6-4-3-5-7-20)29-26(33)21-13-22(31(35)36)15-23(14-21)32(37)38/h2-11,13-16,25H,1,12,17-18H2,(H,29,33)(H,30,34)/b28-16-/t25-/m0/s1. The molecule has 0 fully saturated rings. The quantitative estimate of drug-likeness (QED) is 0.127. The Morgan fingerprint density at radius 3 is 2.25 bits per heavy atom. The molecule has 0 aliphatic rings. The first-order valence-electron chi connectivity index (χ1n) is 11.8. The number of rotatable bonds is 14. The van der Waals surface area contributed by atoms with Crippen LogP contribution in [0.3, 0.4) is 0 Å². The molecule has 3 aromatic rings. The predicted octanol–water partition coefficient (Wildman–Crippen LogP) is 4.25. The SMILES string of the molecule is C=CCOc1ccc(/C=N\NC(=O)[C@H](CSCc2ccccc2)NC(=O)c2cc([N+](=O)[O-])cc([N+](=O)[O-])c2)cc1. The topological polar surface area (TPSA) is 166 Å². The van der Waals surface area contributed by atoms with Gasteiger partial charge in [0.2, 0.25) is 0 Å². The number of hydrazone groups is 1. The van der Waals surface area contributed by atoms with E-state index in [0.29, 0.717) is 23.7 Å². The molecule has 0 saturated carbocycles. The van der Waals surface area contributed by atoms with Crippen LogP contribution in [0.4, 0.5) is 11.4 Å². The molecular weight excluding hydrogens is 538 g/mol. The number of nitrogens with zero attached hydrogens (tertiary/aromatic N) is 3. The Balaban J connectivity index is 1.73. The van der Waals surface area contributed by atoms with Crippen molar-refractivity contribution in [3.8, 4) is 5.75 Å². The van der Waals surface area contributed by atoms with E-state index >= 15 is 0 Å². The number of thioether (sulfide) groups is 1. The molecular formula is C27H25N5O7S. The zero-order valence-electron chi connectivity index (χ0n) is 21.1. The van der Waals surface area contributed by atoms with Crippen molar-refractivity contribution in [3.05, 3.63) is 122 Å². The van der Waals surface area contributed by atoms with E-state index in [-0.39, 0.29) is 11.3 Å². The maximum Gasteiger partial charge on any atom is 0.277 e. The van der Waals surface area contributed by atoms with Crippen molar-refractivity contribution in [2.24, 2.45) is 5.10 Å². The largest absolute Gasteiger partial charge is 0.490 e. The summed E-state index contributed by atoms with van der Waals surface area (Å²) in [7, 11) is 0. The lowest BCUT2D eigenvalue weighted by Gasteiger charge is -2.17. The fourth-order valence-corrected chi connectivity index (χ4v) is 4.30. The van der Waals surface area contributed by atoms with Crippen LogP contribution in [-0.2, 0) is 10.5 Å². The summed E-state index contributed by atoms with van der Waals surface area (Å²) in [5, 5.41) is 28.9. The van der Waals surface area contributed by atoms with E-state index in [4.69, 9.17) is 4.74 Å². The van der Waals surface area contributed by atoms with Crippen LogP contribution in [0.5, 0.6) is 5.75 Å². The Labute approximate surface area is 233 Å². The molecule has 3 aromatic carbocycles. The van der Waals surface area contributed by atoms with Crippen LogP contribution in [0.25, 0.3) is 0 Å². The third-order valence-electron chi connectivity index (χ3n) is 5.24. The van der Waals surface area contributed by atoms with Gasteiger partial charge in [-0.25, -0.2) is 5.43 Å². The minimum atomic E-state index is -1.11. The number of carbonyl (C=O) groups excluding carboxylic acids is 2. The van der Waals surface area contributed by atoms with Gasteiger partial charge in [-0.3, -0.25) is 29.8 Å². The molecule has 0 spiro atoms. The third-order valence-corrected chi connectivity index (χ3v) is 6.35. The molecule has 13 heteroatoms. The zero-order chi connectivity index (χ0) is 28.9. The van der Waals surface area contributed by atoms with Gasteiger partial charge in [-0.15, -0.1) is 0 Å². The molecule has 12 nitrogen and oxygen atoms in total. The molecule has 0 saturated heterocycles. The fraction of sp³-hybridized carbons (Fsp3) is 0.148. The number of hydrogen-bond acceptors (Lipinski definition) is 9. The van der Waals surface area contributed by atoms with E-state index < -0.39 is 39.1 Å². The Hall–Kier alpha value is -5.04. The maximum atomic E-state index is 13.0. The number of amides is 2. The molecule has 206 valence electrons. The summed E-state index contributed by atoms with van der Waals surface area (Å²) in [5.41, 5.74) is 2.50. The number of hydrogen-bond donors (Lipinski definition) is 2. The number of non-ortho nitro benzene ring substituents is 2. The summed E-state index contributed by atoms with van der Waals surface area (Å²) >= 11 is 1.37. The molecule has 0 radical (unpaired) electrons. The highest BCUT2D eigenvalue weighted by molar-refractivity contribution is 7.98. The van der Waals surface area contributed by atoms with Gasteiger partial charge >= 0.3 is 0 Å². The lowest BCUT2D eigenvalue weighted by atomic mass is 10.1. The minimum absolute atomic E-state index is 0.133. The van der Waals surface area contributed by atoms with Crippen molar-refractivity contribution in [3.63, 3.8) is 0 Å². The molecule has 0 bridgehead atoms. The molecule has 0 aliphatic carbocycles. The number of carbonyl (C=O) groups is 2. The summed E-state index contributed by atoms with van der Waals surface area (Å²) in [5.74, 6) is -0.205. The highest BCUT2D eigenvalue weighted by Gasteiger charge is 2.25. The number of nitro groups is 2. The van der Waals surface area contributed by atoms with Gasteiger partial charge in [0.15, 0.2) is 0 Å². The first-order chi connectivity index (χ1) is 19.3. The molecule has 2 amide bonds. The third kappa shape index (κ3) is 9.06. The normalized spacial score (nSPS) is 11.4. The summed E-state index contributed by atoms with van der Waals surface area (Å²) in [6.07, 6.45) is 3.04. The molecule has 0 aliphatic heterocycles. The van der Waals surface area contributed by atoms with Crippen LogP contribution in [0.2, 0.25) is 0 Å². The van der Waals surface area contributed by atoms with Crippen molar-refractivity contribution in [1.29, 1.82) is 0 Å². The highest BCUT2D eigenvalue weighted by Crippen LogP contribution is 2.23. The van der Waals surface area contributed by atoms with Gasteiger partial charge in [-0.1, -0.05) is 43.0 Å². The average Bonchev–Trinajstić information content (AvgIpc) is 2.96. The monoisotopic (exact) mass is 563 g/mol. The predicted molar refractivity (Wildman–Crippen MR) is 151 cm³/mol. The van der Waals surface area contributed by atoms with Gasteiger partial charge in [0.25, 0.3) is 23.2 Å². The zero-order valence-corrected chi connectivity index (χ0v) is 21.9. The summed E-state index contributed by atoms with van der Waals surface area (Å²) in [6.45, 7) is 3.95. The number of nitrogens with one attached hydrogen (secondary N) is 2. The van der Waals surface area contributed by atoms with Crippen molar-refractivity contribution in [1.82, 2.24) is 10.7 Å². The molecule has 0 heterocycles. The van der Waals surface area contributed by atoms with Crippen LogP contribution in [-0.4, -0.2) is 46.3 Å². The molecule has 3 rings (SSSR count). The number of nitro benzene ring substituents is 2. The van der Waals surface area contributed by atoms with Gasteiger partial charge < -0.3 is 10.1 Å². The van der Waals surface area contributed by atoms with E-state index in [1.54, 1.807) is 30.3 Å². The highest BCUT2D eigenvalue weighted by atomic mass is 32.2. The van der Waals surface area contributed by atoms with Crippen molar-refractivity contribution >= 4 is 41.2 Å². The van der Waals surface area contributed by atoms with Gasteiger partial charge in [-0.2, -0.15) is 16.9 Å². The van der Waals surface area contributed by atoms with Crippen LogP contribution in [0.15, 0.2) is 90.6 Å². The van der Waals surface area contributed by atoms with Gasteiger partial charge in [0, 0.05) is 23.6 Å². The Morgan fingerprint density at radius 2 is 1.65 bits per heavy atom. The molecule has 40 heavy (non-hydrogen) atoms. The van der Waals surface area contributed by atoms with Crippen LogP contribution >= 0.6 is 11.8 Å². The second kappa shape index (κ2) is 14.8. The van der Waals surface area contributed by atoms with Crippen molar-refractivity contribution in [2.75, 3.05) is 12.4 Å². The smallest absolute Gasteiger partial charge is 0.277 e. The Morgan fingerprint density at radius 1 is 1.00 bits per heavy atom. The summed E-state index contributed by atoms with van der Waals surface area (Å²) < 4.78 is 5.42. The van der Waals surface area contributed by atoms with E-state index in [1.165, 1.54) is 18.0 Å². The number of ether oxygens (including phenoxy) is 1. The van der Waals surface area contributed by atoms with E-state index in [9.17, 15) is 29.8 Å². The van der Waals surface area contributed by atoms with Crippen LogP contribution in [0.1, 0.15) is 21.5 Å². The Kier molecular flexibility index (Phi) is 10.9. The minimum Gasteiger partial charge on any atom is -0.490 e. The lowest BCUT2D eigenvalue weighted by molar-refractivity contribution is -0.394. The fourth-order valence-electron chi connectivity index (χ4n) is 3.28. The average molecular weight is 564 g/mol. The second-order valence-corrected chi connectivity index (χ2v) is 9.21. The molecule has 0 unspecified atom stereocenters. The van der Waals surface area contributed by atoms with E-state index in [1.807, 2.05) is 30.3 Å². The lowest BCUT2D eigenvalue weighted by Crippen LogP contribution is -2.47. The number of benzene rings is 3. The first-order valence-corrected chi connectivity index (χ1v) is 13.0. The Bertz CT molecular complexity index is 1370. The van der Waals surface area contributed by atoms with Crippen molar-refractivity contribution < 1.29 is 24.2 Å². The summed E-state index contributed by atoms with van der Waals surface area (Å²) in [4.78, 5) is 46.7. The van der Waals surface area contributed by atoms with E-state index in [0.717, 1.165) is 23.8 Å². The van der Waals surface area contributed by atoms with Crippen LogP contribution in [0, 0.1) is 20.2 Å². The maximum absolute atomic E-state index is 13.0. The first kappa shape index (κ1) is 29.5. The van der Waals surface area contributed by atoms with Crippen molar-refractivity contribution in [2.45, 2.75) is 11.8 Å². The van der Waals surface area contributed by atoms with Gasteiger partial charge in [0.05, 0.1) is 27.7 Å². The van der Waals surface area contributed by atoms with Gasteiger partial charge in [0.1, 0.15) is 18.4 Å². The van der Waals surface area contributed by atoms with Crippen LogP contribution < -0.4 is 15.5 Å². The summed E-state index contributed by atoms with van der Waals surface area (Å²) in [6, 6.07) is 17.9. The van der Waals surface area contributed by atoms with Gasteiger partial charge in [-0.05, 0) is 35.4 Å². The molecule has 1 atom stereocenters.